The molecular formula is C18H21N7O7S. The maximum absolute atomic E-state index is 11.2. The van der Waals surface area contributed by atoms with E-state index in [1.165, 1.54) is 29.2 Å². The average molecular weight is 479 g/mol. The zero-order valence-electron chi connectivity index (χ0n) is 17.2. The third-order valence-corrected chi connectivity index (χ3v) is 5.28. The number of nitrogens with two attached hydrogens (primary N) is 1. The molecule has 1 fully saturated rings. The van der Waals surface area contributed by atoms with Gasteiger partial charge in [-0.25, -0.2) is 20.4 Å². The zero-order chi connectivity index (χ0) is 23.8. The minimum atomic E-state index is -3.63. The van der Waals surface area contributed by atoms with Crippen LogP contribution in [0.2, 0.25) is 0 Å². The molecule has 3 aromatic rings. The number of imidazole rings is 1. The van der Waals surface area contributed by atoms with Crippen molar-refractivity contribution in [3.05, 3.63) is 36.2 Å². The van der Waals surface area contributed by atoms with Crippen molar-refractivity contribution >= 4 is 39.3 Å². The van der Waals surface area contributed by atoms with Crippen LogP contribution < -0.4 is 15.3 Å². The van der Waals surface area contributed by atoms with Crippen LogP contribution in [-0.4, -0.2) is 80.6 Å². The molecular weight excluding hydrogens is 458 g/mol. The van der Waals surface area contributed by atoms with Gasteiger partial charge in [-0.2, -0.15) is 13.5 Å². The van der Waals surface area contributed by atoms with Crippen LogP contribution in [-0.2, 0) is 14.9 Å². The van der Waals surface area contributed by atoms with Gasteiger partial charge in [0.2, 0.25) is 5.95 Å². The number of hydrogen-bond acceptors (Lipinski definition) is 13. The first-order valence-electron chi connectivity index (χ1n) is 9.57. The summed E-state index contributed by atoms with van der Waals surface area (Å²) in [7, 11) is -3.63. The summed E-state index contributed by atoms with van der Waals surface area (Å²) < 4.78 is 34.1. The fourth-order valence-corrected chi connectivity index (χ4v) is 3.75. The Kier molecular flexibility index (Phi) is 6.13. The maximum atomic E-state index is 11.2. The molecule has 3 heterocycles. The van der Waals surface area contributed by atoms with Crippen LogP contribution in [0.15, 0.2) is 35.7 Å². The average Bonchev–Trinajstić information content (AvgIpc) is 3.26. The van der Waals surface area contributed by atoms with Crippen LogP contribution in [0, 0.1) is 0 Å². The summed E-state index contributed by atoms with van der Waals surface area (Å²) >= 11 is 0. The molecule has 0 saturated carbocycles. The quantitative estimate of drug-likeness (QED) is 0.154. The van der Waals surface area contributed by atoms with Crippen molar-refractivity contribution in [2.45, 2.75) is 24.5 Å². The van der Waals surface area contributed by atoms with E-state index >= 15 is 0 Å². The van der Waals surface area contributed by atoms with Crippen molar-refractivity contribution in [1.82, 2.24) is 19.5 Å². The van der Waals surface area contributed by atoms with Crippen molar-refractivity contribution in [2.24, 2.45) is 5.10 Å². The molecule has 1 aliphatic heterocycles. The molecule has 0 spiro atoms. The summed E-state index contributed by atoms with van der Waals surface area (Å²) in [5.41, 5.74) is 9.65. The highest BCUT2D eigenvalue weighted by Crippen LogP contribution is 2.35. The zero-order valence-corrected chi connectivity index (χ0v) is 18.0. The number of benzene rings is 1. The first-order valence-corrected chi connectivity index (χ1v) is 11.4. The normalized spacial score (nSPS) is 23.4. The minimum Gasteiger partial charge on any atom is -0.394 e. The molecule has 33 heavy (non-hydrogen) atoms. The molecule has 176 valence electrons. The van der Waals surface area contributed by atoms with Gasteiger partial charge in [0, 0.05) is 0 Å². The Hall–Kier alpha value is -3.37. The van der Waals surface area contributed by atoms with Gasteiger partial charge in [0.05, 0.1) is 19.1 Å². The predicted molar refractivity (Wildman–Crippen MR) is 116 cm³/mol. The molecule has 1 aromatic carbocycles. The van der Waals surface area contributed by atoms with E-state index < -0.39 is 41.3 Å². The number of nitrogens with one attached hydrogen (secondary N) is 1. The van der Waals surface area contributed by atoms with Gasteiger partial charge in [-0.1, -0.05) is 0 Å². The van der Waals surface area contributed by atoms with Gasteiger partial charge in [0.15, 0.2) is 23.2 Å². The Morgan fingerprint density at radius 1 is 1.27 bits per heavy atom. The van der Waals surface area contributed by atoms with Crippen molar-refractivity contribution in [2.75, 3.05) is 24.0 Å². The number of hydrogen-bond donors (Lipinski definition) is 5. The number of ether oxygens (including phenoxy) is 1. The first-order chi connectivity index (χ1) is 15.7. The first kappa shape index (κ1) is 22.8. The predicted octanol–water partition coefficient (Wildman–Crippen LogP) is -1.20. The lowest BCUT2D eigenvalue weighted by molar-refractivity contribution is -0.0501. The van der Waals surface area contributed by atoms with E-state index in [2.05, 4.69) is 25.5 Å². The van der Waals surface area contributed by atoms with Crippen molar-refractivity contribution in [3.63, 3.8) is 0 Å². The van der Waals surface area contributed by atoms with Crippen LogP contribution in [0.3, 0.4) is 0 Å². The van der Waals surface area contributed by atoms with E-state index in [0.29, 0.717) is 5.56 Å². The number of aliphatic hydroxyl groups excluding tert-OH is 3. The van der Waals surface area contributed by atoms with Crippen LogP contribution >= 0.6 is 0 Å². The summed E-state index contributed by atoms with van der Waals surface area (Å²) in [6, 6.07) is 6.11. The molecule has 1 aliphatic rings. The fourth-order valence-electron chi connectivity index (χ4n) is 3.29. The third kappa shape index (κ3) is 4.71. The lowest BCUT2D eigenvalue weighted by Crippen LogP contribution is -2.33. The van der Waals surface area contributed by atoms with Crippen molar-refractivity contribution in [3.8, 4) is 5.75 Å². The standard InChI is InChI=1S/C18H21N7O7S/c1-33(29,30)32-10-4-2-9(3-5-10)6-22-24-18-23-12-15(19)20-8-21-16(12)25(18)17-14(28)13(27)11(7-26)31-17/h2-6,8,11,13-14,17,26-28H,7H2,1H3,(H,23,24)(H2,19,20,21)/b22-6+. The monoisotopic (exact) mass is 479 g/mol. The number of hydrazone groups is 1. The molecule has 4 unspecified atom stereocenters. The summed E-state index contributed by atoms with van der Waals surface area (Å²) in [5, 5.41) is 34.1. The Morgan fingerprint density at radius 3 is 2.64 bits per heavy atom. The van der Waals surface area contributed by atoms with E-state index in [1.54, 1.807) is 12.1 Å². The number of rotatable bonds is 7. The number of anilines is 2. The number of nitrogen functional groups attached to an aromatic ring is 1. The van der Waals surface area contributed by atoms with Gasteiger partial charge < -0.3 is 30.0 Å². The third-order valence-electron chi connectivity index (χ3n) is 4.78. The molecule has 1 saturated heterocycles. The van der Waals surface area contributed by atoms with Gasteiger partial charge in [-0.3, -0.25) is 4.57 Å². The van der Waals surface area contributed by atoms with E-state index in [9.17, 15) is 23.7 Å². The summed E-state index contributed by atoms with van der Waals surface area (Å²) in [6.45, 7) is -0.502. The smallest absolute Gasteiger partial charge is 0.306 e. The van der Waals surface area contributed by atoms with Crippen LogP contribution in [0.1, 0.15) is 11.8 Å². The van der Waals surface area contributed by atoms with E-state index in [1.807, 2.05) is 0 Å². The molecule has 4 rings (SSSR count). The van der Waals surface area contributed by atoms with Crippen molar-refractivity contribution in [1.29, 1.82) is 0 Å². The van der Waals surface area contributed by atoms with Gasteiger partial charge in [0.1, 0.15) is 30.4 Å². The minimum absolute atomic E-state index is 0.0824. The number of fused-ring (bicyclic) bond motifs is 1. The lowest BCUT2D eigenvalue weighted by Gasteiger charge is -2.18. The molecule has 0 aliphatic carbocycles. The molecule has 15 heteroatoms. The second-order valence-corrected chi connectivity index (χ2v) is 8.77. The number of aromatic nitrogens is 4. The Morgan fingerprint density at radius 2 is 2.00 bits per heavy atom. The summed E-state index contributed by atoms with van der Waals surface area (Å²) in [5.74, 6) is 0.321. The molecule has 14 nitrogen and oxygen atoms in total. The van der Waals surface area contributed by atoms with Crippen LogP contribution in [0.5, 0.6) is 5.75 Å². The molecule has 4 atom stereocenters. The lowest BCUT2D eigenvalue weighted by atomic mass is 10.1. The highest BCUT2D eigenvalue weighted by molar-refractivity contribution is 7.86. The molecule has 0 bridgehead atoms. The Labute approximate surface area is 187 Å². The van der Waals surface area contributed by atoms with Gasteiger partial charge in [-0.15, -0.1) is 0 Å². The van der Waals surface area contributed by atoms with Gasteiger partial charge in [0.25, 0.3) is 0 Å². The Balaban J connectivity index is 1.62. The van der Waals surface area contributed by atoms with E-state index in [4.69, 9.17) is 14.7 Å². The van der Waals surface area contributed by atoms with Gasteiger partial charge >= 0.3 is 10.1 Å². The van der Waals surface area contributed by atoms with E-state index in [0.717, 1.165) is 6.26 Å². The highest BCUT2D eigenvalue weighted by Gasteiger charge is 2.45. The van der Waals surface area contributed by atoms with Gasteiger partial charge in [-0.05, 0) is 29.8 Å². The molecule has 0 radical (unpaired) electrons. The maximum Gasteiger partial charge on any atom is 0.306 e. The number of aliphatic hydroxyl groups is 3. The van der Waals surface area contributed by atoms with E-state index in [-0.39, 0.29) is 28.7 Å². The van der Waals surface area contributed by atoms with Crippen molar-refractivity contribution < 1.29 is 32.7 Å². The van der Waals surface area contributed by atoms with Crippen LogP contribution in [0.4, 0.5) is 11.8 Å². The number of nitrogens with zero attached hydrogens (tertiary/aromatic N) is 5. The second-order valence-electron chi connectivity index (χ2n) is 7.19. The topological polar surface area (TPSA) is 207 Å². The Bertz CT molecular complexity index is 1280. The summed E-state index contributed by atoms with van der Waals surface area (Å²) in [4.78, 5) is 12.4. The van der Waals surface area contributed by atoms with Crippen LogP contribution in [0.25, 0.3) is 11.2 Å². The summed E-state index contributed by atoms with van der Waals surface area (Å²) in [6.07, 6.45) is -1.28. The molecule has 0 amide bonds. The fraction of sp³-hybridized carbons (Fsp3) is 0.333. The molecule has 2 aromatic heterocycles. The second kappa shape index (κ2) is 8.87. The highest BCUT2D eigenvalue weighted by atomic mass is 32.2. The SMILES string of the molecule is CS(=O)(=O)Oc1ccc(/C=N/Nc2nc3c(N)ncnc3n2C2OC(CO)C(O)C2O)cc1. The molecule has 6 N–H and O–H groups in total. The largest absolute Gasteiger partial charge is 0.394 e.